The quantitative estimate of drug-likeness (QED) is 0.347. The standard InChI is InChI=1S/C31H38ClN5O2S/c1-34(2)21-22-40-28-27(23-33-37(29(28)38)26-9-5-3-6-10-26)35-17-19-36(20-18-35)30(39)31(15-7-4-8-16-31)24-11-13-25(32)14-12-24/h3,5-6,9-14,23H,4,7-8,15-22H2,1-2H3. The van der Waals surface area contributed by atoms with Gasteiger partial charge in [0.15, 0.2) is 0 Å². The first-order valence-electron chi connectivity index (χ1n) is 14.1. The zero-order chi connectivity index (χ0) is 28.1. The lowest BCUT2D eigenvalue weighted by Crippen LogP contribution is -2.55. The summed E-state index contributed by atoms with van der Waals surface area (Å²) in [6, 6.07) is 17.4. The van der Waals surface area contributed by atoms with Crippen molar-refractivity contribution in [2.75, 3.05) is 57.5 Å². The van der Waals surface area contributed by atoms with Gasteiger partial charge >= 0.3 is 0 Å². The Labute approximate surface area is 246 Å². The topological polar surface area (TPSA) is 61.7 Å². The van der Waals surface area contributed by atoms with E-state index >= 15 is 0 Å². The summed E-state index contributed by atoms with van der Waals surface area (Å²) in [4.78, 5) is 34.9. The lowest BCUT2D eigenvalue weighted by molar-refractivity contribution is -0.139. The van der Waals surface area contributed by atoms with Crippen LogP contribution in [-0.2, 0) is 10.2 Å². The smallest absolute Gasteiger partial charge is 0.287 e. The lowest BCUT2D eigenvalue weighted by Gasteiger charge is -2.43. The van der Waals surface area contributed by atoms with Gasteiger partial charge in [0.2, 0.25) is 5.91 Å². The number of hydrogen-bond donors (Lipinski definition) is 0. The summed E-state index contributed by atoms with van der Waals surface area (Å²) in [7, 11) is 4.07. The molecule has 1 aromatic heterocycles. The second-order valence-corrected chi connectivity index (χ2v) is 12.5. The van der Waals surface area contributed by atoms with Gasteiger partial charge in [0.1, 0.15) is 0 Å². The van der Waals surface area contributed by atoms with Crippen molar-refractivity contribution in [3.63, 3.8) is 0 Å². The first-order valence-corrected chi connectivity index (χ1v) is 15.5. The predicted octanol–water partition coefficient (Wildman–Crippen LogP) is 5.09. The number of halogens is 1. The minimum Gasteiger partial charge on any atom is -0.366 e. The van der Waals surface area contributed by atoms with E-state index in [1.165, 1.54) is 11.1 Å². The highest BCUT2D eigenvalue weighted by atomic mass is 35.5. The maximum Gasteiger partial charge on any atom is 0.287 e. The van der Waals surface area contributed by atoms with E-state index in [1.807, 2.05) is 79.8 Å². The molecule has 3 aromatic rings. The van der Waals surface area contributed by atoms with Crippen LogP contribution in [0.4, 0.5) is 5.69 Å². The minimum atomic E-state index is -0.476. The zero-order valence-electron chi connectivity index (χ0n) is 23.4. The van der Waals surface area contributed by atoms with Crippen LogP contribution in [0.15, 0.2) is 70.5 Å². The van der Waals surface area contributed by atoms with Gasteiger partial charge < -0.3 is 14.7 Å². The number of carbonyl (C=O) groups is 1. The van der Waals surface area contributed by atoms with E-state index in [1.54, 1.807) is 11.8 Å². The number of nitrogens with zero attached hydrogens (tertiary/aromatic N) is 5. The molecule has 0 unspecified atom stereocenters. The summed E-state index contributed by atoms with van der Waals surface area (Å²) < 4.78 is 1.49. The Hall–Kier alpha value is -2.81. The molecular formula is C31H38ClN5O2S. The molecule has 212 valence electrons. The van der Waals surface area contributed by atoms with Gasteiger partial charge in [-0.25, -0.2) is 0 Å². The molecule has 1 amide bonds. The molecule has 2 aromatic carbocycles. The molecule has 1 aliphatic heterocycles. The number of amides is 1. The first kappa shape index (κ1) is 28.7. The highest BCUT2D eigenvalue weighted by molar-refractivity contribution is 7.99. The van der Waals surface area contributed by atoms with Crippen LogP contribution < -0.4 is 10.5 Å². The molecule has 1 saturated carbocycles. The predicted molar refractivity (Wildman–Crippen MR) is 164 cm³/mol. The Balaban J connectivity index is 1.37. The third kappa shape index (κ3) is 6.09. The highest BCUT2D eigenvalue weighted by Gasteiger charge is 2.44. The number of benzene rings is 2. The first-order chi connectivity index (χ1) is 19.4. The van der Waals surface area contributed by atoms with Crippen LogP contribution in [0.3, 0.4) is 0 Å². The monoisotopic (exact) mass is 579 g/mol. The van der Waals surface area contributed by atoms with Crippen molar-refractivity contribution >= 4 is 35.0 Å². The Morgan fingerprint density at radius 1 is 0.975 bits per heavy atom. The summed E-state index contributed by atoms with van der Waals surface area (Å²) in [6.45, 7) is 3.45. The van der Waals surface area contributed by atoms with E-state index in [0.29, 0.717) is 36.1 Å². The van der Waals surface area contributed by atoms with Gasteiger partial charge in [-0.05, 0) is 56.8 Å². The fourth-order valence-corrected chi connectivity index (χ4v) is 7.20. The molecule has 0 bridgehead atoms. The largest absolute Gasteiger partial charge is 0.366 e. The molecule has 7 nitrogen and oxygen atoms in total. The van der Waals surface area contributed by atoms with Gasteiger partial charge in [0, 0.05) is 43.5 Å². The second kappa shape index (κ2) is 12.8. The number of thioether (sulfide) groups is 1. The van der Waals surface area contributed by atoms with Crippen LogP contribution in [0.1, 0.15) is 37.7 Å². The van der Waals surface area contributed by atoms with Crippen molar-refractivity contribution in [3.8, 4) is 5.69 Å². The summed E-state index contributed by atoms with van der Waals surface area (Å²) in [5, 5.41) is 5.25. The van der Waals surface area contributed by atoms with E-state index in [0.717, 1.165) is 54.9 Å². The van der Waals surface area contributed by atoms with Gasteiger partial charge in [0.25, 0.3) is 5.56 Å². The molecule has 5 rings (SSSR count). The van der Waals surface area contributed by atoms with Crippen LogP contribution >= 0.6 is 23.4 Å². The van der Waals surface area contributed by atoms with Crippen molar-refractivity contribution in [3.05, 3.63) is 81.7 Å². The molecule has 40 heavy (non-hydrogen) atoms. The van der Waals surface area contributed by atoms with Gasteiger partial charge in [-0.3, -0.25) is 9.59 Å². The summed E-state index contributed by atoms with van der Waals surface area (Å²) in [5.74, 6) is 1.03. The third-order valence-corrected chi connectivity index (χ3v) is 9.43. The van der Waals surface area contributed by atoms with Crippen molar-refractivity contribution in [2.45, 2.75) is 42.4 Å². The van der Waals surface area contributed by atoms with E-state index in [9.17, 15) is 9.59 Å². The third-order valence-electron chi connectivity index (χ3n) is 8.12. The van der Waals surface area contributed by atoms with Crippen LogP contribution in [0, 0.1) is 0 Å². The van der Waals surface area contributed by atoms with Gasteiger partial charge in [0.05, 0.1) is 27.9 Å². The van der Waals surface area contributed by atoms with Crippen LogP contribution in [-0.4, -0.2) is 78.1 Å². The molecule has 9 heteroatoms. The van der Waals surface area contributed by atoms with E-state index in [4.69, 9.17) is 11.6 Å². The number of aromatic nitrogens is 2. The number of anilines is 1. The lowest BCUT2D eigenvalue weighted by atomic mass is 9.68. The molecule has 2 heterocycles. The van der Waals surface area contributed by atoms with Crippen molar-refractivity contribution in [1.82, 2.24) is 19.6 Å². The van der Waals surface area contributed by atoms with Crippen molar-refractivity contribution < 1.29 is 4.79 Å². The van der Waals surface area contributed by atoms with Crippen LogP contribution in [0.2, 0.25) is 5.02 Å². The maximum atomic E-state index is 14.1. The van der Waals surface area contributed by atoms with Crippen LogP contribution in [0.5, 0.6) is 0 Å². The normalized spacial score (nSPS) is 17.3. The molecular weight excluding hydrogens is 542 g/mol. The molecule has 0 atom stereocenters. The molecule has 1 aliphatic carbocycles. The van der Waals surface area contributed by atoms with Crippen molar-refractivity contribution in [1.29, 1.82) is 0 Å². The molecule has 0 radical (unpaired) electrons. The van der Waals surface area contributed by atoms with E-state index in [-0.39, 0.29) is 11.5 Å². The minimum absolute atomic E-state index is 0.102. The Bertz CT molecular complexity index is 1350. The average Bonchev–Trinajstić information content (AvgIpc) is 2.98. The van der Waals surface area contributed by atoms with Crippen LogP contribution in [0.25, 0.3) is 5.69 Å². The summed E-state index contributed by atoms with van der Waals surface area (Å²) >= 11 is 7.76. The number of hydrogen-bond acceptors (Lipinski definition) is 6. The maximum absolute atomic E-state index is 14.1. The molecule has 1 saturated heterocycles. The number of para-hydroxylation sites is 1. The number of rotatable bonds is 8. The Morgan fingerprint density at radius 3 is 2.30 bits per heavy atom. The number of piperazine rings is 1. The average molecular weight is 580 g/mol. The summed E-state index contributed by atoms with van der Waals surface area (Å²) in [5.41, 5.74) is 2.12. The number of carbonyl (C=O) groups excluding carboxylic acids is 1. The molecule has 2 aliphatic rings. The van der Waals surface area contributed by atoms with E-state index in [2.05, 4.69) is 14.9 Å². The van der Waals surface area contributed by atoms with Gasteiger partial charge in [-0.15, -0.1) is 11.8 Å². The summed E-state index contributed by atoms with van der Waals surface area (Å²) in [6.07, 6.45) is 6.87. The highest BCUT2D eigenvalue weighted by Crippen LogP contribution is 2.42. The van der Waals surface area contributed by atoms with Crippen molar-refractivity contribution in [2.24, 2.45) is 0 Å². The second-order valence-electron chi connectivity index (χ2n) is 11.0. The Kier molecular flexibility index (Phi) is 9.18. The van der Waals surface area contributed by atoms with E-state index < -0.39 is 5.41 Å². The fraction of sp³-hybridized carbons (Fsp3) is 0.452. The zero-order valence-corrected chi connectivity index (χ0v) is 25.0. The Morgan fingerprint density at radius 2 is 1.65 bits per heavy atom. The molecule has 0 spiro atoms. The molecule has 0 N–H and O–H groups in total. The fourth-order valence-electron chi connectivity index (χ4n) is 5.88. The molecule has 2 fully saturated rings. The van der Waals surface area contributed by atoms with Gasteiger partial charge in [-0.2, -0.15) is 9.78 Å². The van der Waals surface area contributed by atoms with Gasteiger partial charge in [-0.1, -0.05) is 61.2 Å². The SMILES string of the molecule is CN(C)CCSc1c(N2CCN(C(=O)C3(c4ccc(Cl)cc4)CCCCC3)CC2)cnn(-c2ccccc2)c1=O.